The molecule has 3 atom stereocenters. The molecular formula is C20H22O3. The molecule has 0 aromatic rings. The predicted octanol–water partition coefficient (Wildman–Crippen LogP) is 3.98. The molecule has 4 aliphatic rings. The first kappa shape index (κ1) is 14.7. The molecule has 1 N–H and O–H groups in total. The van der Waals surface area contributed by atoms with E-state index >= 15 is 0 Å². The largest absolute Gasteiger partial charge is 0.478 e. The molecule has 0 aromatic carbocycles. The Morgan fingerprint density at radius 1 is 1.26 bits per heavy atom. The Morgan fingerprint density at radius 2 is 2.09 bits per heavy atom. The molecular weight excluding hydrogens is 288 g/mol. The summed E-state index contributed by atoms with van der Waals surface area (Å²) in [5, 5.41) is 9.14. The summed E-state index contributed by atoms with van der Waals surface area (Å²) in [6.45, 7) is 2.20. The van der Waals surface area contributed by atoms with Gasteiger partial charge in [-0.05, 0) is 66.7 Å². The summed E-state index contributed by atoms with van der Waals surface area (Å²) in [4.78, 5) is 22.8. The van der Waals surface area contributed by atoms with Crippen LogP contribution < -0.4 is 0 Å². The Balaban J connectivity index is 1.79. The first-order valence-electron chi connectivity index (χ1n) is 8.59. The minimum absolute atomic E-state index is 0.112. The van der Waals surface area contributed by atoms with Crippen LogP contribution in [0.2, 0.25) is 0 Å². The van der Waals surface area contributed by atoms with Gasteiger partial charge in [0, 0.05) is 17.9 Å². The van der Waals surface area contributed by atoms with E-state index in [1.54, 1.807) is 0 Å². The number of allylic oxidation sites excluding steroid dienone is 7. The lowest BCUT2D eigenvalue weighted by atomic mass is 9.60. The van der Waals surface area contributed by atoms with Crippen molar-refractivity contribution < 1.29 is 14.7 Å². The molecule has 0 radical (unpaired) electrons. The van der Waals surface area contributed by atoms with E-state index in [9.17, 15) is 9.59 Å². The Labute approximate surface area is 136 Å². The fraction of sp³-hybridized carbons (Fsp3) is 0.500. The van der Waals surface area contributed by atoms with Gasteiger partial charge in [-0.15, -0.1) is 0 Å². The van der Waals surface area contributed by atoms with E-state index in [1.165, 1.54) is 22.8 Å². The maximum atomic E-state index is 11.7. The molecule has 4 aliphatic carbocycles. The smallest absolute Gasteiger partial charge is 0.328 e. The second-order valence-electron chi connectivity index (χ2n) is 7.48. The molecule has 0 saturated heterocycles. The number of carboxylic acids is 1. The highest BCUT2D eigenvalue weighted by Crippen LogP contribution is 2.59. The summed E-state index contributed by atoms with van der Waals surface area (Å²) in [6.07, 6.45) is 13.3. The van der Waals surface area contributed by atoms with Gasteiger partial charge in [0.2, 0.25) is 0 Å². The third-order valence-corrected chi connectivity index (χ3v) is 6.40. The van der Waals surface area contributed by atoms with Crippen molar-refractivity contribution in [2.75, 3.05) is 0 Å². The van der Waals surface area contributed by atoms with Crippen LogP contribution in [-0.4, -0.2) is 16.9 Å². The van der Waals surface area contributed by atoms with E-state index < -0.39 is 5.97 Å². The minimum atomic E-state index is -0.834. The van der Waals surface area contributed by atoms with Gasteiger partial charge in [-0.3, -0.25) is 4.79 Å². The Bertz CT molecular complexity index is 719. The average molecular weight is 310 g/mol. The lowest BCUT2D eigenvalue weighted by Crippen LogP contribution is -2.34. The van der Waals surface area contributed by atoms with Crippen LogP contribution in [0, 0.1) is 17.3 Å². The molecule has 120 valence electrons. The zero-order valence-electron chi connectivity index (χ0n) is 13.5. The Morgan fingerprint density at radius 3 is 2.87 bits per heavy atom. The number of fused-ring (bicyclic) bond motifs is 4. The van der Waals surface area contributed by atoms with E-state index in [0.29, 0.717) is 18.3 Å². The molecule has 0 bridgehead atoms. The fourth-order valence-corrected chi connectivity index (χ4v) is 5.26. The van der Waals surface area contributed by atoms with Gasteiger partial charge in [-0.2, -0.15) is 0 Å². The highest BCUT2D eigenvalue weighted by Gasteiger charge is 2.49. The third-order valence-electron chi connectivity index (χ3n) is 6.40. The van der Waals surface area contributed by atoms with Crippen molar-refractivity contribution in [3.8, 4) is 0 Å². The predicted molar refractivity (Wildman–Crippen MR) is 87.8 cm³/mol. The van der Waals surface area contributed by atoms with Crippen molar-refractivity contribution in [3.05, 3.63) is 46.6 Å². The number of hydrogen-bond acceptors (Lipinski definition) is 2. The summed E-state index contributed by atoms with van der Waals surface area (Å²) in [5.74, 6) is 0.448. The highest BCUT2D eigenvalue weighted by molar-refractivity contribution is 5.93. The van der Waals surface area contributed by atoms with Crippen LogP contribution in [-0.2, 0) is 9.59 Å². The normalized spacial score (nSPS) is 37.3. The van der Waals surface area contributed by atoms with Crippen LogP contribution in [0.4, 0.5) is 0 Å². The number of rotatable bonds is 1. The first-order chi connectivity index (χ1) is 11.0. The molecule has 1 saturated carbocycles. The van der Waals surface area contributed by atoms with Crippen LogP contribution in [0.1, 0.15) is 45.4 Å². The zero-order chi connectivity index (χ0) is 16.2. The summed E-state index contributed by atoms with van der Waals surface area (Å²) in [5.41, 5.74) is 5.03. The van der Waals surface area contributed by atoms with Gasteiger partial charge >= 0.3 is 5.97 Å². The summed E-state index contributed by atoms with van der Waals surface area (Å²) in [6, 6.07) is 0. The topological polar surface area (TPSA) is 54.4 Å². The van der Waals surface area contributed by atoms with Crippen molar-refractivity contribution in [2.45, 2.75) is 45.4 Å². The van der Waals surface area contributed by atoms with Gasteiger partial charge in [-0.1, -0.05) is 24.6 Å². The fourth-order valence-electron chi connectivity index (χ4n) is 5.26. The van der Waals surface area contributed by atoms with Crippen LogP contribution in [0.5, 0.6) is 0 Å². The van der Waals surface area contributed by atoms with E-state index in [-0.39, 0.29) is 11.2 Å². The number of carbonyl (C=O) groups excluding carboxylic acids is 1. The van der Waals surface area contributed by atoms with Crippen LogP contribution in [0.3, 0.4) is 0 Å². The van der Waals surface area contributed by atoms with Gasteiger partial charge < -0.3 is 5.11 Å². The second-order valence-corrected chi connectivity index (χ2v) is 7.48. The van der Waals surface area contributed by atoms with Gasteiger partial charge in [0.25, 0.3) is 0 Å². The Hall–Kier alpha value is -1.90. The monoisotopic (exact) mass is 310 g/mol. The molecule has 0 aromatic heterocycles. The number of carboxylic acid groups (broad SMARTS) is 1. The highest BCUT2D eigenvalue weighted by atomic mass is 16.4. The van der Waals surface area contributed by atoms with E-state index in [2.05, 4.69) is 19.1 Å². The standard InChI is InChI=1S/C20H22O3/c1-20-9-8-16-15-6-4-14(21)10-12(15)2-5-17(16)18(20)7-3-13(20)11-19(22)23/h8-11,17-18H,2-7H2,1H3,(H,22,23)/b13-11+/t17-,18+,20-/m1/s1. The first-order valence-corrected chi connectivity index (χ1v) is 8.59. The lowest BCUT2D eigenvalue weighted by Gasteiger charge is -2.44. The average Bonchev–Trinajstić information content (AvgIpc) is 2.83. The van der Waals surface area contributed by atoms with Crippen molar-refractivity contribution in [3.63, 3.8) is 0 Å². The number of hydrogen-bond donors (Lipinski definition) is 1. The second kappa shape index (κ2) is 5.05. The Kier molecular flexibility index (Phi) is 3.22. The lowest BCUT2D eigenvalue weighted by molar-refractivity contribution is -0.131. The van der Waals surface area contributed by atoms with Crippen molar-refractivity contribution >= 4 is 11.8 Å². The zero-order valence-corrected chi connectivity index (χ0v) is 13.5. The molecule has 0 aliphatic heterocycles. The molecule has 0 amide bonds. The number of ketones is 1. The quantitative estimate of drug-likeness (QED) is 0.745. The van der Waals surface area contributed by atoms with Gasteiger partial charge in [-0.25, -0.2) is 4.79 Å². The van der Waals surface area contributed by atoms with E-state index in [0.717, 1.165) is 37.7 Å². The molecule has 23 heavy (non-hydrogen) atoms. The van der Waals surface area contributed by atoms with Crippen molar-refractivity contribution in [2.24, 2.45) is 17.3 Å². The third kappa shape index (κ3) is 2.17. The SMILES string of the molecule is C[C@]12C=CC3=C4CCC(=O)C=C4CC[C@H]3[C@@H]1CC/C2=C\C(=O)O. The molecule has 0 heterocycles. The van der Waals surface area contributed by atoms with Crippen LogP contribution >= 0.6 is 0 Å². The molecule has 3 heteroatoms. The summed E-state index contributed by atoms with van der Waals surface area (Å²) in [7, 11) is 0. The van der Waals surface area contributed by atoms with Gasteiger partial charge in [0.05, 0.1) is 0 Å². The summed E-state index contributed by atoms with van der Waals surface area (Å²) >= 11 is 0. The number of carbonyl (C=O) groups is 2. The van der Waals surface area contributed by atoms with Gasteiger partial charge in [0.15, 0.2) is 5.78 Å². The van der Waals surface area contributed by atoms with Crippen LogP contribution in [0.15, 0.2) is 46.6 Å². The van der Waals surface area contributed by atoms with E-state index in [4.69, 9.17) is 5.11 Å². The molecule has 3 nitrogen and oxygen atoms in total. The summed E-state index contributed by atoms with van der Waals surface area (Å²) < 4.78 is 0. The van der Waals surface area contributed by atoms with E-state index in [1.807, 2.05) is 6.08 Å². The minimum Gasteiger partial charge on any atom is -0.478 e. The molecule has 1 fully saturated rings. The maximum Gasteiger partial charge on any atom is 0.328 e. The van der Waals surface area contributed by atoms with Crippen LogP contribution in [0.25, 0.3) is 0 Å². The van der Waals surface area contributed by atoms with Gasteiger partial charge in [0.1, 0.15) is 0 Å². The molecule has 0 spiro atoms. The van der Waals surface area contributed by atoms with Crippen molar-refractivity contribution in [1.29, 1.82) is 0 Å². The molecule has 4 rings (SSSR count). The number of aliphatic carboxylic acids is 1. The van der Waals surface area contributed by atoms with Crippen molar-refractivity contribution in [1.82, 2.24) is 0 Å². The maximum absolute atomic E-state index is 11.7. The molecule has 0 unspecified atom stereocenters.